The molecule has 0 saturated carbocycles. The number of amides is 1. The largest absolute Gasteiger partial charge is 0.356 e. The van der Waals surface area contributed by atoms with E-state index in [1.54, 1.807) is 0 Å². The number of nitrogens with zero attached hydrogens (tertiary/aromatic N) is 2. The van der Waals surface area contributed by atoms with E-state index in [4.69, 9.17) is 4.52 Å². The molecule has 1 aromatic carbocycles. The van der Waals surface area contributed by atoms with Crippen molar-refractivity contribution in [3.05, 3.63) is 30.0 Å². The molecule has 1 aromatic heterocycles. The number of fused-ring (bicyclic) bond motifs is 1. The average molecular weight is 287 g/mol. The van der Waals surface area contributed by atoms with Crippen LogP contribution in [0.3, 0.4) is 0 Å². The molecule has 21 heavy (non-hydrogen) atoms. The second kappa shape index (κ2) is 6.26. The Morgan fingerprint density at radius 3 is 3.10 bits per heavy atom. The summed E-state index contributed by atoms with van der Waals surface area (Å²) in [6.07, 6.45) is 2.65. The summed E-state index contributed by atoms with van der Waals surface area (Å²) in [6.45, 7) is 4.59. The number of rotatable bonds is 5. The van der Waals surface area contributed by atoms with Crippen LogP contribution in [0.2, 0.25) is 0 Å². The maximum absolute atomic E-state index is 12.5. The van der Waals surface area contributed by atoms with Crippen LogP contribution in [0.4, 0.5) is 0 Å². The van der Waals surface area contributed by atoms with Gasteiger partial charge in [0.05, 0.1) is 6.42 Å². The van der Waals surface area contributed by atoms with Gasteiger partial charge in [-0.1, -0.05) is 17.3 Å². The molecule has 1 aliphatic rings. The molecule has 5 heteroatoms. The van der Waals surface area contributed by atoms with Gasteiger partial charge in [0.25, 0.3) is 0 Å². The van der Waals surface area contributed by atoms with Crippen molar-refractivity contribution >= 4 is 16.9 Å². The molecule has 1 fully saturated rings. The second-order valence-corrected chi connectivity index (χ2v) is 5.53. The first-order valence-corrected chi connectivity index (χ1v) is 7.62. The quantitative estimate of drug-likeness (QED) is 0.913. The number of carbonyl (C=O) groups is 1. The molecule has 1 saturated heterocycles. The summed E-state index contributed by atoms with van der Waals surface area (Å²) < 4.78 is 5.26. The van der Waals surface area contributed by atoms with Gasteiger partial charge in [-0.15, -0.1) is 0 Å². The zero-order valence-corrected chi connectivity index (χ0v) is 12.3. The minimum Gasteiger partial charge on any atom is -0.356 e. The summed E-state index contributed by atoms with van der Waals surface area (Å²) in [6, 6.07) is 8.10. The fourth-order valence-electron chi connectivity index (χ4n) is 2.91. The lowest BCUT2D eigenvalue weighted by Crippen LogP contribution is -2.41. The molecule has 112 valence electrons. The maximum Gasteiger partial charge on any atom is 0.228 e. The van der Waals surface area contributed by atoms with Crippen molar-refractivity contribution in [2.75, 3.05) is 19.6 Å². The molecular formula is C16H21N3O2. The Labute approximate surface area is 124 Å². The number of likely N-dealkylation sites (N-methyl/N-ethyl adjacent to an activating group) is 1. The smallest absolute Gasteiger partial charge is 0.228 e. The zero-order valence-electron chi connectivity index (χ0n) is 12.3. The molecule has 5 nitrogen and oxygen atoms in total. The monoisotopic (exact) mass is 287 g/mol. The van der Waals surface area contributed by atoms with Gasteiger partial charge in [-0.2, -0.15) is 0 Å². The number of carbonyl (C=O) groups excluding carboxylic acids is 1. The van der Waals surface area contributed by atoms with Crippen LogP contribution in [0.5, 0.6) is 0 Å². The van der Waals surface area contributed by atoms with Crippen LogP contribution >= 0.6 is 0 Å². The fraction of sp³-hybridized carbons (Fsp3) is 0.500. The van der Waals surface area contributed by atoms with Crippen molar-refractivity contribution in [1.82, 2.24) is 15.4 Å². The molecule has 3 rings (SSSR count). The Balaban J connectivity index is 1.69. The Bertz CT molecular complexity index is 617. The fourth-order valence-corrected chi connectivity index (χ4v) is 2.91. The van der Waals surface area contributed by atoms with Gasteiger partial charge >= 0.3 is 0 Å². The van der Waals surface area contributed by atoms with Gasteiger partial charge in [-0.3, -0.25) is 4.79 Å². The lowest BCUT2D eigenvalue weighted by Gasteiger charge is -2.24. The molecule has 1 N–H and O–H groups in total. The topological polar surface area (TPSA) is 58.4 Å². The molecular weight excluding hydrogens is 266 g/mol. The van der Waals surface area contributed by atoms with Gasteiger partial charge in [0.1, 0.15) is 5.69 Å². The first kappa shape index (κ1) is 14.1. The molecule has 1 amide bonds. The van der Waals surface area contributed by atoms with Crippen LogP contribution in [0.15, 0.2) is 28.8 Å². The summed E-state index contributed by atoms with van der Waals surface area (Å²) >= 11 is 0. The Morgan fingerprint density at radius 2 is 2.33 bits per heavy atom. The molecule has 2 heterocycles. The van der Waals surface area contributed by atoms with Gasteiger partial charge < -0.3 is 14.7 Å². The first-order chi connectivity index (χ1) is 10.3. The standard InChI is InChI=1S/C16H21N3O2/c1-2-19(11-12-6-5-9-17-12)16(20)10-14-13-7-3-4-8-15(13)21-18-14/h3-4,7-8,12,17H,2,5-6,9-11H2,1H3. The van der Waals surface area contributed by atoms with E-state index in [-0.39, 0.29) is 5.91 Å². The number of benzene rings is 1. The molecule has 1 unspecified atom stereocenters. The molecule has 1 atom stereocenters. The molecule has 0 aliphatic carbocycles. The van der Waals surface area contributed by atoms with Gasteiger partial charge in [-0.25, -0.2) is 0 Å². The SMILES string of the molecule is CCN(CC1CCCN1)C(=O)Cc1noc2ccccc12. The van der Waals surface area contributed by atoms with E-state index < -0.39 is 0 Å². The molecule has 1 aliphatic heterocycles. The minimum absolute atomic E-state index is 0.116. The van der Waals surface area contributed by atoms with Gasteiger partial charge in [0, 0.05) is 24.5 Å². The van der Waals surface area contributed by atoms with Crippen molar-refractivity contribution < 1.29 is 9.32 Å². The van der Waals surface area contributed by atoms with Gasteiger partial charge in [-0.05, 0) is 38.4 Å². The van der Waals surface area contributed by atoms with E-state index in [2.05, 4.69) is 10.5 Å². The second-order valence-electron chi connectivity index (χ2n) is 5.53. The highest BCUT2D eigenvalue weighted by Gasteiger charge is 2.22. The summed E-state index contributed by atoms with van der Waals surface area (Å²) in [4.78, 5) is 14.4. The zero-order chi connectivity index (χ0) is 14.7. The highest BCUT2D eigenvalue weighted by molar-refractivity contribution is 5.86. The summed E-state index contributed by atoms with van der Waals surface area (Å²) in [5.41, 5.74) is 1.47. The van der Waals surface area contributed by atoms with Crippen molar-refractivity contribution in [2.45, 2.75) is 32.2 Å². The highest BCUT2D eigenvalue weighted by Crippen LogP contribution is 2.19. The van der Waals surface area contributed by atoms with Crippen molar-refractivity contribution in [2.24, 2.45) is 0 Å². The normalized spacial score (nSPS) is 18.2. The van der Waals surface area contributed by atoms with Gasteiger partial charge in [0.2, 0.25) is 5.91 Å². The van der Waals surface area contributed by atoms with Crippen LogP contribution in [0, 0.1) is 0 Å². The molecule has 2 aromatic rings. The predicted octanol–water partition coefficient (Wildman–Crippen LogP) is 1.97. The summed E-state index contributed by atoms with van der Waals surface area (Å²) in [7, 11) is 0. The summed E-state index contributed by atoms with van der Waals surface area (Å²) in [5.74, 6) is 0.116. The number of aromatic nitrogens is 1. The number of para-hydroxylation sites is 1. The van der Waals surface area contributed by atoms with E-state index in [1.165, 1.54) is 6.42 Å². The molecule has 0 spiro atoms. The third-order valence-electron chi connectivity index (χ3n) is 4.11. The van der Waals surface area contributed by atoms with E-state index in [0.29, 0.717) is 12.5 Å². The van der Waals surface area contributed by atoms with E-state index >= 15 is 0 Å². The Hall–Kier alpha value is -1.88. The molecule has 0 bridgehead atoms. The Kier molecular flexibility index (Phi) is 4.20. The summed E-state index contributed by atoms with van der Waals surface area (Å²) in [5, 5.41) is 8.41. The van der Waals surface area contributed by atoms with Crippen molar-refractivity contribution in [1.29, 1.82) is 0 Å². The van der Waals surface area contributed by atoms with Crippen LogP contribution < -0.4 is 5.32 Å². The van der Waals surface area contributed by atoms with Crippen molar-refractivity contribution in [3.8, 4) is 0 Å². The van der Waals surface area contributed by atoms with Crippen LogP contribution in [-0.4, -0.2) is 41.6 Å². The first-order valence-electron chi connectivity index (χ1n) is 7.62. The predicted molar refractivity (Wildman–Crippen MR) is 81.0 cm³/mol. The number of nitrogens with one attached hydrogen (secondary N) is 1. The lowest BCUT2D eigenvalue weighted by molar-refractivity contribution is -0.130. The van der Waals surface area contributed by atoms with Crippen LogP contribution in [0.1, 0.15) is 25.5 Å². The third-order valence-corrected chi connectivity index (χ3v) is 4.11. The van der Waals surface area contributed by atoms with Crippen LogP contribution in [0.25, 0.3) is 11.0 Å². The van der Waals surface area contributed by atoms with E-state index in [0.717, 1.165) is 42.7 Å². The highest BCUT2D eigenvalue weighted by atomic mass is 16.5. The number of hydrogen-bond donors (Lipinski definition) is 1. The lowest BCUT2D eigenvalue weighted by atomic mass is 10.1. The van der Waals surface area contributed by atoms with Gasteiger partial charge in [0.15, 0.2) is 5.58 Å². The van der Waals surface area contributed by atoms with Crippen molar-refractivity contribution in [3.63, 3.8) is 0 Å². The van der Waals surface area contributed by atoms with E-state index in [1.807, 2.05) is 36.1 Å². The minimum atomic E-state index is 0.116. The maximum atomic E-state index is 12.5. The third kappa shape index (κ3) is 3.08. The molecule has 0 radical (unpaired) electrons. The van der Waals surface area contributed by atoms with Crippen LogP contribution in [-0.2, 0) is 11.2 Å². The average Bonchev–Trinajstić information content (AvgIpc) is 3.15. The van der Waals surface area contributed by atoms with E-state index in [9.17, 15) is 4.79 Å². The Morgan fingerprint density at radius 1 is 1.48 bits per heavy atom. The number of hydrogen-bond acceptors (Lipinski definition) is 4.